The molecule has 0 saturated carbocycles. The minimum Gasteiger partial charge on any atom is -0.356 e. The highest BCUT2D eigenvalue weighted by Crippen LogP contribution is 2.14. The molecule has 1 unspecified atom stereocenters. The zero-order valence-corrected chi connectivity index (χ0v) is 18.1. The normalized spacial score (nSPS) is 19.5. The number of nitrogens with zero attached hydrogens (tertiary/aromatic N) is 5. The number of aliphatic imine (C=N–C) groups is 1. The van der Waals surface area contributed by atoms with Crippen LogP contribution in [0.1, 0.15) is 25.6 Å². The van der Waals surface area contributed by atoms with Gasteiger partial charge in [-0.3, -0.25) is 14.7 Å². The third-order valence-corrected chi connectivity index (χ3v) is 6.23. The number of guanidine groups is 1. The largest absolute Gasteiger partial charge is 0.356 e. The number of nitrogens with one attached hydrogen (secondary N) is 2. The maximum atomic E-state index is 12.7. The standard InChI is InChI=1S/C22H33N7O/c1-17(21(30)28-11-5-6-12-28)27-13-15-29(16-14-27)22(23-2)24-10-9-20-25-18-7-3-4-8-19(18)26-20/h3-4,7-8,17H,5-6,9-16H2,1-2H3,(H,23,24)(H,25,26). The van der Waals surface area contributed by atoms with Crippen molar-refractivity contribution in [2.45, 2.75) is 32.2 Å². The van der Waals surface area contributed by atoms with E-state index >= 15 is 0 Å². The van der Waals surface area contributed by atoms with Gasteiger partial charge in [-0.2, -0.15) is 0 Å². The van der Waals surface area contributed by atoms with Crippen molar-refractivity contribution in [1.29, 1.82) is 0 Å². The predicted molar refractivity (Wildman–Crippen MR) is 120 cm³/mol. The summed E-state index contributed by atoms with van der Waals surface area (Å²) in [7, 11) is 1.83. The van der Waals surface area contributed by atoms with Crippen molar-refractivity contribution in [3.8, 4) is 0 Å². The van der Waals surface area contributed by atoms with E-state index in [2.05, 4.69) is 37.0 Å². The molecule has 0 radical (unpaired) electrons. The second-order valence-corrected chi connectivity index (χ2v) is 8.16. The topological polar surface area (TPSA) is 79.9 Å². The molecule has 2 saturated heterocycles. The Bertz CT molecular complexity index is 845. The molecule has 2 fully saturated rings. The van der Waals surface area contributed by atoms with Crippen LogP contribution in [0.2, 0.25) is 0 Å². The molecule has 0 spiro atoms. The van der Waals surface area contributed by atoms with Gasteiger partial charge in [-0.25, -0.2) is 4.98 Å². The van der Waals surface area contributed by atoms with Gasteiger partial charge >= 0.3 is 0 Å². The van der Waals surface area contributed by atoms with Crippen molar-refractivity contribution in [3.63, 3.8) is 0 Å². The zero-order valence-electron chi connectivity index (χ0n) is 18.1. The van der Waals surface area contributed by atoms with Gasteiger partial charge in [0.2, 0.25) is 5.91 Å². The number of rotatable bonds is 5. The van der Waals surface area contributed by atoms with Crippen LogP contribution in [0.4, 0.5) is 0 Å². The van der Waals surface area contributed by atoms with E-state index in [-0.39, 0.29) is 11.9 Å². The molecule has 8 heteroatoms. The Morgan fingerprint density at radius 3 is 2.57 bits per heavy atom. The lowest BCUT2D eigenvalue weighted by Crippen LogP contribution is -2.57. The molecule has 2 N–H and O–H groups in total. The summed E-state index contributed by atoms with van der Waals surface area (Å²) in [6.45, 7) is 8.18. The number of benzene rings is 1. The third-order valence-electron chi connectivity index (χ3n) is 6.23. The van der Waals surface area contributed by atoms with E-state index in [9.17, 15) is 4.79 Å². The smallest absolute Gasteiger partial charge is 0.239 e. The molecule has 1 aromatic heterocycles. The van der Waals surface area contributed by atoms with Crippen LogP contribution >= 0.6 is 0 Å². The van der Waals surface area contributed by atoms with Crippen molar-refractivity contribution < 1.29 is 4.79 Å². The molecule has 4 rings (SSSR count). The van der Waals surface area contributed by atoms with Crippen molar-refractivity contribution in [2.24, 2.45) is 4.99 Å². The van der Waals surface area contributed by atoms with Gasteiger partial charge in [-0.1, -0.05) is 12.1 Å². The van der Waals surface area contributed by atoms with Crippen LogP contribution in [0.25, 0.3) is 11.0 Å². The molecule has 3 heterocycles. The van der Waals surface area contributed by atoms with E-state index in [1.54, 1.807) is 0 Å². The number of hydrogen-bond donors (Lipinski definition) is 2. The molecular weight excluding hydrogens is 378 g/mol. The van der Waals surface area contributed by atoms with Gasteiger partial charge in [0.15, 0.2) is 5.96 Å². The van der Waals surface area contributed by atoms with Gasteiger partial charge in [-0.05, 0) is 31.9 Å². The van der Waals surface area contributed by atoms with Crippen molar-refractivity contribution in [1.82, 2.24) is 30.0 Å². The summed E-state index contributed by atoms with van der Waals surface area (Å²) < 4.78 is 0. The molecular formula is C22H33N7O. The molecule has 8 nitrogen and oxygen atoms in total. The molecule has 30 heavy (non-hydrogen) atoms. The molecule has 0 bridgehead atoms. The van der Waals surface area contributed by atoms with Gasteiger partial charge in [0.05, 0.1) is 17.1 Å². The van der Waals surface area contributed by atoms with E-state index in [4.69, 9.17) is 0 Å². The number of imidazole rings is 1. The molecule has 162 valence electrons. The number of fused-ring (bicyclic) bond motifs is 1. The van der Waals surface area contributed by atoms with E-state index in [1.165, 1.54) is 0 Å². The first-order chi connectivity index (χ1) is 14.7. The molecule has 2 aliphatic heterocycles. The Kier molecular flexibility index (Phi) is 6.52. The number of likely N-dealkylation sites (tertiary alicyclic amines) is 1. The minimum atomic E-state index is -0.0340. The van der Waals surface area contributed by atoms with E-state index in [1.807, 2.05) is 36.2 Å². The highest BCUT2D eigenvalue weighted by atomic mass is 16.2. The van der Waals surface area contributed by atoms with E-state index < -0.39 is 0 Å². The van der Waals surface area contributed by atoms with Crippen molar-refractivity contribution >= 4 is 22.9 Å². The zero-order chi connectivity index (χ0) is 20.9. The number of hydrogen-bond acceptors (Lipinski definition) is 4. The number of carbonyl (C=O) groups is 1. The predicted octanol–water partition coefficient (Wildman–Crippen LogP) is 1.31. The first-order valence-electron chi connectivity index (χ1n) is 11.1. The maximum absolute atomic E-state index is 12.7. The average molecular weight is 412 g/mol. The lowest BCUT2D eigenvalue weighted by molar-refractivity contribution is -0.135. The Morgan fingerprint density at radius 2 is 1.87 bits per heavy atom. The number of carbonyl (C=O) groups excluding carboxylic acids is 1. The fourth-order valence-electron chi connectivity index (χ4n) is 4.43. The Labute approximate surface area is 178 Å². The van der Waals surface area contributed by atoms with Gasteiger partial charge in [0.1, 0.15) is 5.82 Å². The Balaban J connectivity index is 1.24. The van der Waals surface area contributed by atoms with Crippen LogP contribution in [0.5, 0.6) is 0 Å². The summed E-state index contributed by atoms with van der Waals surface area (Å²) in [6.07, 6.45) is 3.10. The van der Waals surface area contributed by atoms with Crippen molar-refractivity contribution in [3.05, 3.63) is 30.1 Å². The van der Waals surface area contributed by atoms with Gasteiger partial charge in [0.25, 0.3) is 0 Å². The summed E-state index contributed by atoms with van der Waals surface area (Å²) in [5, 5.41) is 3.47. The first kappa shape index (κ1) is 20.7. The summed E-state index contributed by atoms with van der Waals surface area (Å²) >= 11 is 0. The molecule has 1 atom stereocenters. The van der Waals surface area contributed by atoms with Gasteiger partial charge in [0, 0.05) is 59.3 Å². The first-order valence-corrected chi connectivity index (χ1v) is 11.1. The summed E-state index contributed by atoms with van der Waals surface area (Å²) in [5.74, 6) is 2.19. The van der Waals surface area contributed by atoms with Crippen LogP contribution < -0.4 is 5.32 Å². The van der Waals surface area contributed by atoms with E-state index in [0.29, 0.717) is 0 Å². The Hall–Kier alpha value is -2.61. The number of amides is 1. The van der Waals surface area contributed by atoms with Crippen LogP contribution in [0.3, 0.4) is 0 Å². The minimum absolute atomic E-state index is 0.0340. The van der Waals surface area contributed by atoms with Crippen LogP contribution in [0.15, 0.2) is 29.3 Å². The summed E-state index contributed by atoms with van der Waals surface area (Å²) in [6, 6.07) is 8.06. The Morgan fingerprint density at radius 1 is 1.13 bits per heavy atom. The van der Waals surface area contributed by atoms with Gasteiger partial charge in [-0.15, -0.1) is 0 Å². The fraction of sp³-hybridized carbons (Fsp3) is 0.591. The molecule has 1 aromatic carbocycles. The van der Waals surface area contributed by atoms with E-state index in [0.717, 1.165) is 87.9 Å². The lowest BCUT2D eigenvalue weighted by atomic mass is 10.2. The van der Waals surface area contributed by atoms with Crippen LogP contribution in [-0.2, 0) is 11.2 Å². The van der Waals surface area contributed by atoms with Crippen LogP contribution in [-0.4, -0.2) is 95.4 Å². The fourth-order valence-corrected chi connectivity index (χ4v) is 4.43. The number of para-hydroxylation sites is 2. The molecule has 2 aliphatic rings. The summed E-state index contributed by atoms with van der Waals surface area (Å²) in [4.78, 5) is 31.8. The average Bonchev–Trinajstić information content (AvgIpc) is 3.45. The quantitative estimate of drug-likeness (QED) is 0.573. The highest BCUT2D eigenvalue weighted by molar-refractivity contribution is 5.82. The lowest BCUT2D eigenvalue weighted by Gasteiger charge is -2.39. The maximum Gasteiger partial charge on any atom is 0.239 e. The number of H-pyrrole nitrogens is 1. The second kappa shape index (κ2) is 9.47. The molecule has 0 aliphatic carbocycles. The third kappa shape index (κ3) is 4.59. The monoisotopic (exact) mass is 411 g/mol. The van der Waals surface area contributed by atoms with Crippen LogP contribution in [0, 0.1) is 0 Å². The SMILES string of the molecule is CN=C(NCCc1nc2ccccc2[nH]1)N1CCN(C(C)C(=O)N2CCCC2)CC1. The van der Waals surface area contributed by atoms with Gasteiger partial charge < -0.3 is 20.1 Å². The number of aromatic amines is 1. The molecule has 1 amide bonds. The highest BCUT2D eigenvalue weighted by Gasteiger charge is 2.30. The molecule has 2 aromatic rings. The van der Waals surface area contributed by atoms with Crippen molar-refractivity contribution in [2.75, 3.05) is 52.9 Å². The number of aromatic nitrogens is 2. The number of piperazine rings is 1. The second-order valence-electron chi connectivity index (χ2n) is 8.16. The summed E-state index contributed by atoms with van der Waals surface area (Å²) in [5.41, 5.74) is 2.08.